The van der Waals surface area contributed by atoms with Gasteiger partial charge in [-0.3, -0.25) is 0 Å². The highest BCUT2D eigenvalue weighted by molar-refractivity contribution is 5.93. The molecule has 0 aliphatic carbocycles. The Morgan fingerprint density at radius 3 is 1.59 bits per heavy atom. The van der Waals surface area contributed by atoms with Gasteiger partial charge < -0.3 is 14.6 Å². The Morgan fingerprint density at radius 2 is 1.24 bits per heavy atom. The van der Waals surface area contributed by atoms with E-state index in [1.807, 2.05) is 12.1 Å². The van der Waals surface area contributed by atoms with Crippen molar-refractivity contribution in [2.45, 2.75) is 39.5 Å². The van der Waals surface area contributed by atoms with Crippen LogP contribution in [0.3, 0.4) is 0 Å². The average Bonchev–Trinajstić information content (AvgIpc) is 2.71. The zero-order valence-electron chi connectivity index (χ0n) is 16.5. The van der Waals surface area contributed by atoms with Crippen molar-refractivity contribution in [3.8, 4) is 0 Å². The quantitative estimate of drug-likeness (QED) is 0.704. The Labute approximate surface area is 169 Å². The molecule has 0 heterocycles. The van der Waals surface area contributed by atoms with E-state index in [0.717, 1.165) is 0 Å². The molecule has 2 aromatic carbocycles. The summed E-state index contributed by atoms with van der Waals surface area (Å²) in [4.78, 5) is 37.6. The minimum atomic E-state index is -1.39. The lowest BCUT2D eigenvalue weighted by Gasteiger charge is -2.27. The molecule has 0 fully saturated rings. The van der Waals surface area contributed by atoms with Crippen LogP contribution in [-0.4, -0.2) is 34.2 Å². The zero-order chi connectivity index (χ0) is 21.2. The topological polar surface area (TPSA) is 93.1 Å². The molecule has 7 heteroatoms. The first-order valence-electron chi connectivity index (χ1n) is 9.32. The number of hydrogen-bond donors (Lipinski definition) is 1. The van der Waals surface area contributed by atoms with Gasteiger partial charge in [-0.1, -0.05) is 74.5 Å². The van der Waals surface area contributed by atoms with Crippen molar-refractivity contribution in [2.75, 3.05) is 0 Å². The molecule has 0 saturated heterocycles. The minimum Gasteiger partial charge on any atom is -0.480 e. The van der Waals surface area contributed by atoms with Crippen molar-refractivity contribution in [3.63, 3.8) is 0 Å². The lowest BCUT2D eigenvalue weighted by atomic mass is 10.0. The van der Waals surface area contributed by atoms with Crippen molar-refractivity contribution in [1.82, 2.24) is 4.90 Å². The van der Waals surface area contributed by atoms with E-state index in [1.165, 1.54) is 0 Å². The van der Waals surface area contributed by atoms with Gasteiger partial charge >= 0.3 is 18.2 Å². The van der Waals surface area contributed by atoms with Gasteiger partial charge in [-0.2, -0.15) is 4.90 Å². The van der Waals surface area contributed by atoms with Gasteiger partial charge in [-0.25, -0.2) is 14.4 Å². The predicted octanol–water partition coefficient (Wildman–Crippen LogP) is 4.46. The summed E-state index contributed by atoms with van der Waals surface area (Å²) < 4.78 is 10.4. The highest BCUT2D eigenvalue weighted by atomic mass is 16.6. The Balaban J connectivity index is 2.15. The summed E-state index contributed by atoms with van der Waals surface area (Å²) in [6, 6.07) is 16.4. The van der Waals surface area contributed by atoms with Crippen LogP contribution >= 0.6 is 0 Å². The number of nitrogens with zero attached hydrogens (tertiary/aromatic N) is 1. The van der Waals surface area contributed by atoms with Gasteiger partial charge in [0.1, 0.15) is 19.3 Å². The molecule has 0 aromatic heterocycles. The number of amides is 2. The van der Waals surface area contributed by atoms with E-state index < -0.39 is 24.2 Å². The summed E-state index contributed by atoms with van der Waals surface area (Å²) in [6.45, 7) is 3.43. The van der Waals surface area contributed by atoms with E-state index in [4.69, 9.17) is 9.47 Å². The molecule has 0 spiro atoms. The maximum atomic E-state index is 12.6. The highest BCUT2D eigenvalue weighted by Crippen LogP contribution is 2.17. The first kappa shape index (κ1) is 21.9. The molecule has 29 heavy (non-hydrogen) atoms. The first-order valence-corrected chi connectivity index (χ1v) is 9.32. The van der Waals surface area contributed by atoms with Crippen LogP contribution in [0, 0.1) is 5.92 Å². The molecular formula is C22H25NO6. The molecular weight excluding hydrogens is 374 g/mol. The summed E-state index contributed by atoms with van der Waals surface area (Å²) in [5.74, 6) is -1.37. The second-order valence-corrected chi connectivity index (χ2v) is 6.93. The van der Waals surface area contributed by atoms with Gasteiger partial charge in [-0.15, -0.1) is 0 Å². The molecule has 7 nitrogen and oxygen atoms in total. The van der Waals surface area contributed by atoms with Crippen LogP contribution in [0.4, 0.5) is 9.59 Å². The van der Waals surface area contributed by atoms with Crippen LogP contribution in [0.1, 0.15) is 31.4 Å². The standard InChI is InChI=1S/C22H25NO6/c1-16(2)13-19(20(24)25)23(21(26)28-14-17-9-5-3-6-10-17)22(27)29-15-18-11-7-4-8-12-18/h3-12,16,19H,13-15H2,1-2H3,(H,24,25)/t19-/m0/s1. The number of carboxylic acid groups (broad SMARTS) is 1. The fraction of sp³-hybridized carbons (Fsp3) is 0.318. The lowest BCUT2D eigenvalue weighted by Crippen LogP contribution is -2.49. The lowest BCUT2D eigenvalue weighted by molar-refractivity contribution is -0.143. The predicted molar refractivity (Wildman–Crippen MR) is 106 cm³/mol. The number of ether oxygens (including phenoxy) is 2. The summed E-state index contributed by atoms with van der Waals surface area (Å²) >= 11 is 0. The molecule has 0 unspecified atom stereocenters. The molecule has 2 aromatic rings. The molecule has 154 valence electrons. The average molecular weight is 399 g/mol. The van der Waals surface area contributed by atoms with Crippen molar-refractivity contribution in [1.29, 1.82) is 0 Å². The number of rotatable bonds is 8. The van der Waals surface area contributed by atoms with Gasteiger partial charge in [0.05, 0.1) is 0 Å². The third-order valence-corrected chi connectivity index (χ3v) is 4.10. The third kappa shape index (κ3) is 6.95. The number of carbonyl (C=O) groups excluding carboxylic acids is 2. The smallest absolute Gasteiger partial charge is 0.420 e. The van der Waals surface area contributed by atoms with E-state index in [0.29, 0.717) is 16.0 Å². The van der Waals surface area contributed by atoms with Gasteiger partial charge in [0.15, 0.2) is 0 Å². The molecule has 1 atom stereocenters. The zero-order valence-corrected chi connectivity index (χ0v) is 16.5. The van der Waals surface area contributed by atoms with E-state index in [9.17, 15) is 19.5 Å². The van der Waals surface area contributed by atoms with Gasteiger partial charge in [-0.05, 0) is 23.5 Å². The van der Waals surface area contributed by atoms with Crippen molar-refractivity contribution in [3.05, 3.63) is 71.8 Å². The van der Waals surface area contributed by atoms with Gasteiger partial charge in [0.2, 0.25) is 0 Å². The van der Waals surface area contributed by atoms with Crippen LogP contribution in [0.5, 0.6) is 0 Å². The van der Waals surface area contributed by atoms with Gasteiger partial charge in [0.25, 0.3) is 0 Å². The summed E-state index contributed by atoms with van der Waals surface area (Å²) in [5, 5.41) is 9.60. The maximum Gasteiger partial charge on any atom is 0.420 e. The Morgan fingerprint density at radius 1 is 0.828 bits per heavy atom. The monoisotopic (exact) mass is 399 g/mol. The fourth-order valence-electron chi connectivity index (χ4n) is 2.67. The molecule has 0 radical (unpaired) electrons. The number of carbonyl (C=O) groups is 3. The largest absolute Gasteiger partial charge is 0.480 e. The molecule has 2 rings (SSSR count). The molecule has 0 saturated carbocycles. The summed E-state index contributed by atoms with van der Waals surface area (Å²) in [7, 11) is 0. The Bertz CT molecular complexity index is 751. The highest BCUT2D eigenvalue weighted by Gasteiger charge is 2.37. The van der Waals surface area contributed by atoms with E-state index in [-0.39, 0.29) is 25.6 Å². The maximum absolute atomic E-state index is 12.6. The molecule has 0 aliphatic heterocycles. The van der Waals surface area contributed by atoms with Crippen LogP contribution < -0.4 is 0 Å². The molecule has 2 amide bonds. The summed E-state index contributed by atoms with van der Waals surface area (Å²) in [5.41, 5.74) is 1.43. The molecule has 0 aliphatic rings. The van der Waals surface area contributed by atoms with Crippen molar-refractivity contribution in [2.24, 2.45) is 5.92 Å². The van der Waals surface area contributed by atoms with Crippen LogP contribution in [-0.2, 0) is 27.5 Å². The fourth-order valence-corrected chi connectivity index (χ4v) is 2.67. The van der Waals surface area contributed by atoms with Crippen LogP contribution in [0.2, 0.25) is 0 Å². The Hall–Kier alpha value is -3.35. The van der Waals surface area contributed by atoms with Crippen LogP contribution in [0.25, 0.3) is 0 Å². The number of benzene rings is 2. The second kappa shape index (κ2) is 10.8. The number of imide groups is 1. The minimum absolute atomic E-state index is 0.0672. The number of aliphatic carboxylic acids is 1. The van der Waals surface area contributed by atoms with E-state index >= 15 is 0 Å². The molecule has 0 bridgehead atoms. The van der Waals surface area contributed by atoms with E-state index in [2.05, 4.69) is 0 Å². The Kier molecular flexibility index (Phi) is 8.21. The van der Waals surface area contributed by atoms with Crippen molar-refractivity contribution >= 4 is 18.2 Å². The van der Waals surface area contributed by atoms with Gasteiger partial charge in [0, 0.05) is 0 Å². The SMILES string of the molecule is CC(C)C[C@@H](C(=O)O)N(C(=O)OCc1ccccc1)C(=O)OCc1ccccc1. The molecule has 1 N–H and O–H groups in total. The summed E-state index contributed by atoms with van der Waals surface area (Å²) in [6.07, 6.45) is -2.03. The second-order valence-electron chi connectivity index (χ2n) is 6.93. The normalized spacial score (nSPS) is 11.6. The number of hydrogen-bond acceptors (Lipinski definition) is 5. The van der Waals surface area contributed by atoms with Crippen molar-refractivity contribution < 1.29 is 29.0 Å². The van der Waals surface area contributed by atoms with Crippen LogP contribution in [0.15, 0.2) is 60.7 Å². The first-order chi connectivity index (χ1) is 13.9. The van der Waals surface area contributed by atoms with E-state index in [1.54, 1.807) is 62.4 Å². The third-order valence-electron chi connectivity index (χ3n) is 4.10. The number of carboxylic acids is 1.